The van der Waals surface area contributed by atoms with E-state index >= 15 is 0 Å². The Morgan fingerprint density at radius 1 is 1.35 bits per heavy atom. The van der Waals surface area contributed by atoms with Gasteiger partial charge in [0.25, 0.3) is 0 Å². The summed E-state index contributed by atoms with van der Waals surface area (Å²) in [6, 6.07) is 0.578. The number of hydrogen-bond acceptors (Lipinski definition) is 3. The molecule has 1 N–H and O–H groups in total. The van der Waals surface area contributed by atoms with E-state index in [1.807, 2.05) is 13.8 Å². The molecule has 0 spiro atoms. The van der Waals surface area contributed by atoms with Crippen molar-refractivity contribution in [3.63, 3.8) is 0 Å². The van der Waals surface area contributed by atoms with Crippen LogP contribution in [-0.2, 0) is 9.53 Å². The maximum atomic E-state index is 11.5. The van der Waals surface area contributed by atoms with Crippen LogP contribution in [0.5, 0.6) is 0 Å². The molecule has 0 aromatic rings. The Balaban J connectivity index is 2.30. The van der Waals surface area contributed by atoms with E-state index in [0.29, 0.717) is 12.6 Å². The van der Waals surface area contributed by atoms with Gasteiger partial charge in [-0.05, 0) is 25.7 Å². The summed E-state index contributed by atoms with van der Waals surface area (Å²) in [5.41, 5.74) is 0. The quantitative estimate of drug-likeness (QED) is 0.594. The fourth-order valence-corrected chi connectivity index (χ4v) is 2.49. The molecule has 0 aromatic carbocycles. The smallest absolute Gasteiger partial charge is 0.309 e. The van der Waals surface area contributed by atoms with Gasteiger partial charge in [0.05, 0.1) is 12.5 Å². The van der Waals surface area contributed by atoms with Crippen molar-refractivity contribution >= 4 is 5.97 Å². The lowest BCUT2D eigenvalue weighted by Gasteiger charge is -2.24. The second-order valence-corrected chi connectivity index (χ2v) is 5.28. The van der Waals surface area contributed by atoms with Crippen LogP contribution in [0.1, 0.15) is 52.9 Å². The van der Waals surface area contributed by atoms with Crippen molar-refractivity contribution in [2.45, 2.75) is 58.9 Å². The van der Waals surface area contributed by atoms with Crippen LogP contribution in [0.25, 0.3) is 0 Å². The van der Waals surface area contributed by atoms with Crippen LogP contribution in [0, 0.1) is 11.8 Å². The molecule has 0 aliphatic heterocycles. The molecule has 3 atom stereocenters. The summed E-state index contributed by atoms with van der Waals surface area (Å²) in [5, 5.41) is 3.55. The predicted octanol–water partition coefficient (Wildman–Crippen LogP) is 2.74. The van der Waals surface area contributed by atoms with E-state index < -0.39 is 0 Å². The zero-order valence-electron chi connectivity index (χ0n) is 11.5. The molecule has 0 saturated heterocycles. The highest BCUT2D eigenvalue weighted by molar-refractivity contribution is 5.72. The first-order chi connectivity index (χ1) is 8.15. The van der Waals surface area contributed by atoms with Crippen LogP contribution in [0.3, 0.4) is 0 Å². The Bertz CT molecular complexity index is 230. The lowest BCUT2D eigenvalue weighted by molar-refractivity contribution is -0.147. The van der Waals surface area contributed by atoms with Crippen molar-refractivity contribution in [1.29, 1.82) is 0 Å². The third-order valence-electron chi connectivity index (χ3n) is 3.74. The van der Waals surface area contributed by atoms with Crippen molar-refractivity contribution < 1.29 is 9.53 Å². The number of carbonyl (C=O) groups excluding carboxylic acids is 1. The average molecular weight is 241 g/mol. The third kappa shape index (κ3) is 5.07. The minimum Gasteiger partial charge on any atom is -0.466 e. The topological polar surface area (TPSA) is 38.3 Å². The van der Waals surface area contributed by atoms with E-state index in [2.05, 4.69) is 12.2 Å². The van der Waals surface area contributed by atoms with Crippen LogP contribution in [0.2, 0.25) is 0 Å². The molecular weight excluding hydrogens is 214 g/mol. The highest BCUT2D eigenvalue weighted by Gasteiger charge is 2.21. The van der Waals surface area contributed by atoms with Gasteiger partial charge in [-0.1, -0.05) is 33.1 Å². The van der Waals surface area contributed by atoms with E-state index in [9.17, 15) is 4.79 Å². The molecule has 0 amide bonds. The van der Waals surface area contributed by atoms with Crippen LogP contribution < -0.4 is 5.32 Å². The van der Waals surface area contributed by atoms with Crippen LogP contribution >= 0.6 is 0 Å². The van der Waals surface area contributed by atoms with Gasteiger partial charge in [-0.25, -0.2) is 0 Å². The molecule has 3 heteroatoms. The van der Waals surface area contributed by atoms with Crippen LogP contribution in [-0.4, -0.2) is 25.2 Å². The predicted molar refractivity (Wildman–Crippen MR) is 69.8 cm³/mol. The van der Waals surface area contributed by atoms with Crippen molar-refractivity contribution in [2.24, 2.45) is 11.8 Å². The average Bonchev–Trinajstić information content (AvgIpc) is 2.51. The fourth-order valence-electron chi connectivity index (χ4n) is 2.49. The summed E-state index contributed by atoms with van der Waals surface area (Å²) in [6.45, 7) is 7.33. The number of rotatable bonds is 5. The second kappa shape index (κ2) is 7.70. The number of carbonyl (C=O) groups is 1. The van der Waals surface area contributed by atoms with Crippen molar-refractivity contribution in [3.05, 3.63) is 0 Å². The molecule has 3 unspecified atom stereocenters. The summed E-state index contributed by atoms with van der Waals surface area (Å²) < 4.78 is 5.02. The first kappa shape index (κ1) is 14.5. The number of ether oxygens (including phenoxy) is 1. The SMILES string of the molecule is CCOC(=O)C(C)CNC1CCCCCC1C. The Morgan fingerprint density at radius 3 is 2.76 bits per heavy atom. The molecule has 0 aromatic heterocycles. The first-order valence-electron chi connectivity index (χ1n) is 7.05. The van der Waals surface area contributed by atoms with Crippen LogP contribution in [0.4, 0.5) is 0 Å². The molecule has 1 rings (SSSR count). The van der Waals surface area contributed by atoms with Gasteiger partial charge in [0.2, 0.25) is 0 Å². The van der Waals surface area contributed by atoms with Gasteiger partial charge in [-0.3, -0.25) is 4.79 Å². The number of nitrogens with one attached hydrogen (secondary N) is 1. The summed E-state index contributed by atoms with van der Waals surface area (Å²) >= 11 is 0. The van der Waals surface area contributed by atoms with E-state index in [1.54, 1.807) is 0 Å². The van der Waals surface area contributed by atoms with Crippen molar-refractivity contribution in [2.75, 3.05) is 13.2 Å². The lowest BCUT2D eigenvalue weighted by Crippen LogP contribution is -2.39. The van der Waals surface area contributed by atoms with Gasteiger partial charge in [0.1, 0.15) is 0 Å². The molecule has 1 fully saturated rings. The van der Waals surface area contributed by atoms with Crippen LogP contribution in [0.15, 0.2) is 0 Å². The Labute approximate surface area is 105 Å². The van der Waals surface area contributed by atoms with Gasteiger partial charge in [-0.15, -0.1) is 0 Å². The molecule has 3 nitrogen and oxygen atoms in total. The third-order valence-corrected chi connectivity index (χ3v) is 3.74. The van der Waals surface area contributed by atoms with E-state index in [1.165, 1.54) is 32.1 Å². The zero-order valence-corrected chi connectivity index (χ0v) is 11.5. The van der Waals surface area contributed by atoms with Crippen molar-refractivity contribution in [1.82, 2.24) is 5.32 Å². The van der Waals surface area contributed by atoms with E-state index in [4.69, 9.17) is 4.74 Å². The highest BCUT2D eigenvalue weighted by Crippen LogP contribution is 2.23. The molecule has 1 saturated carbocycles. The van der Waals surface area contributed by atoms with Gasteiger partial charge in [-0.2, -0.15) is 0 Å². The monoisotopic (exact) mass is 241 g/mol. The molecule has 17 heavy (non-hydrogen) atoms. The molecule has 0 heterocycles. The molecule has 0 bridgehead atoms. The molecule has 1 aliphatic carbocycles. The number of esters is 1. The largest absolute Gasteiger partial charge is 0.466 e. The number of hydrogen-bond donors (Lipinski definition) is 1. The Kier molecular flexibility index (Phi) is 6.56. The molecule has 1 aliphatic rings. The Hall–Kier alpha value is -0.570. The van der Waals surface area contributed by atoms with Gasteiger partial charge in [0.15, 0.2) is 0 Å². The van der Waals surface area contributed by atoms with E-state index in [-0.39, 0.29) is 11.9 Å². The molecule has 100 valence electrons. The summed E-state index contributed by atoms with van der Waals surface area (Å²) in [4.78, 5) is 11.5. The maximum Gasteiger partial charge on any atom is 0.309 e. The summed E-state index contributed by atoms with van der Waals surface area (Å²) in [6.07, 6.45) is 6.58. The fraction of sp³-hybridized carbons (Fsp3) is 0.929. The standard InChI is InChI=1S/C14H27NO2/c1-4-17-14(16)12(3)10-15-13-9-7-5-6-8-11(13)2/h11-13,15H,4-10H2,1-3H3. The second-order valence-electron chi connectivity index (χ2n) is 5.28. The summed E-state index contributed by atoms with van der Waals surface area (Å²) in [7, 11) is 0. The maximum absolute atomic E-state index is 11.5. The van der Waals surface area contributed by atoms with Gasteiger partial charge in [0, 0.05) is 12.6 Å². The minimum absolute atomic E-state index is 0.0367. The lowest BCUT2D eigenvalue weighted by atomic mass is 9.96. The first-order valence-corrected chi connectivity index (χ1v) is 7.05. The molecular formula is C14H27NO2. The summed E-state index contributed by atoms with van der Waals surface area (Å²) in [5.74, 6) is 0.610. The minimum atomic E-state index is -0.0822. The van der Waals surface area contributed by atoms with E-state index in [0.717, 1.165) is 12.5 Å². The van der Waals surface area contributed by atoms with Crippen molar-refractivity contribution in [3.8, 4) is 0 Å². The van der Waals surface area contributed by atoms with Gasteiger partial charge < -0.3 is 10.1 Å². The normalized spacial score (nSPS) is 27.2. The molecule has 0 radical (unpaired) electrons. The Morgan fingerprint density at radius 2 is 2.06 bits per heavy atom. The highest BCUT2D eigenvalue weighted by atomic mass is 16.5. The van der Waals surface area contributed by atoms with Gasteiger partial charge >= 0.3 is 5.97 Å². The zero-order chi connectivity index (χ0) is 12.7.